The molecule has 0 aromatic carbocycles. The molecule has 0 radical (unpaired) electrons. The highest BCUT2D eigenvalue weighted by atomic mass is 16.1. The molecular formula is C14H15N3O. The van der Waals surface area contributed by atoms with E-state index in [-0.39, 0.29) is 5.91 Å². The molecule has 4 heteroatoms. The van der Waals surface area contributed by atoms with Gasteiger partial charge in [0, 0.05) is 36.3 Å². The van der Waals surface area contributed by atoms with Crippen LogP contribution in [0.4, 0.5) is 0 Å². The van der Waals surface area contributed by atoms with Crippen molar-refractivity contribution in [2.45, 2.75) is 13.8 Å². The lowest BCUT2D eigenvalue weighted by Crippen LogP contribution is -2.23. The van der Waals surface area contributed by atoms with Gasteiger partial charge in [-0.2, -0.15) is 0 Å². The molecule has 2 rings (SSSR count). The fourth-order valence-electron chi connectivity index (χ4n) is 1.70. The van der Waals surface area contributed by atoms with Crippen LogP contribution in [0.5, 0.6) is 0 Å². The Bertz CT molecular complexity index is 552. The van der Waals surface area contributed by atoms with Gasteiger partial charge in [-0.25, -0.2) is 0 Å². The van der Waals surface area contributed by atoms with Crippen molar-refractivity contribution in [1.82, 2.24) is 15.3 Å². The highest BCUT2D eigenvalue weighted by Crippen LogP contribution is 2.18. The summed E-state index contributed by atoms with van der Waals surface area (Å²) in [6, 6.07) is 5.58. The Labute approximate surface area is 106 Å². The normalized spacial score (nSPS) is 10.1. The monoisotopic (exact) mass is 241 g/mol. The van der Waals surface area contributed by atoms with E-state index < -0.39 is 0 Å². The number of amides is 1. The third-order valence-corrected chi connectivity index (χ3v) is 2.64. The van der Waals surface area contributed by atoms with Gasteiger partial charge in [-0.05, 0) is 37.6 Å². The van der Waals surface area contributed by atoms with E-state index in [9.17, 15) is 4.79 Å². The number of aromatic nitrogens is 2. The maximum absolute atomic E-state index is 11.9. The zero-order valence-corrected chi connectivity index (χ0v) is 10.5. The number of aryl methyl sites for hydroxylation is 1. The van der Waals surface area contributed by atoms with E-state index >= 15 is 0 Å². The summed E-state index contributed by atoms with van der Waals surface area (Å²) in [5.41, 5.74) is 3.19. The van der Waals surface area contributed by atoms with Crippen LogP contribution in [0.25, 0.3) is 11.3 Å². The lowest BCUT2D eigenvalue weighted by atomic mass is 10.1. The van der Waals surface area contributed by atoms with Gasteiger partial charge in [0.15, 0.2) is 0 Å². The molecule has 0 bridgehead atoms. The molecule has 1 amide bonds. The number of rotatable bonds is 3. The Hall–Kier alpha value is -2.23. The topological polar surface area (TPSA) is 54.9 Å². The van der Waals surface area contributed by atoms with Crippen LogP contribution in [0.2, 0.25) is 0 Å². The lowest BCUT2D eigenvalue weighted by molar-refractivity contribution is 0.0955. The molecule has 0 aliphatic carbocycles. The molecule has 0 spiro atoms. The van der Waals surface area contributed by atoms with Crippen molar-refractivity contribution < 1.29 is 4.79 Å². The summed E-state index contributed by atoms with van der Waals surface area (Å²) in [7, 11) is 0. The minimum atomic E-state index is -0.0671. The molecule has 92 valence electrons. The largest absolute Gasteiger partial charge is 0.352 e. The SMILES string of the molecule is CCNC(=O)c1cc(-c2cccnc2)ncc1C. The van der Waals surface area contributed by atoms with Crippen molar-refractivity contribution in [3.8, 4) is 11.3 Å². The second-order valence-corrected chi connectivity index (χ2v) is 3.99. The summed E-state index contributed by atoms with van der Waals surface area (Å²) in [4.78, 5) is 20.3. The molecule has 0 saturated carbocycles. The van der Waals surface area contributed by atoms with Gasteiger partial charge in [0.25, 0.3) is 5.91 Å². The molecule has 2 aromatic rings. The van der Waals surface area contributed by atoms with Crippen molar-refractivity contribution in [2.24, 2.45) is 0 Å². The number of pyridine rings is 2. The standard InChI is InChI=1S/C14H15N3O/c1-3-16-14(18)12-7-13(17-8-10(12)2)11-5-4-6-15-9-11/h4-9H,3H2,1-2H3,(H,16,18). The predicted molar refractivity (Wildman–Crippen MR) is 70.2 cm³/mol. The highest BCUT2D eigenvalue weighted by molar-refractivity contribution is 5.96. The van der Waals surface area contributed by atoms with Crippen LogP contribution >= 0.6 is 0 Å². The van der Waals surface area contributed by atoms with Crippen LogP contribution in [0.15, 0.2) is 36.8 Å². The number of nitrogens with zero attached hydrogens (tertiary/aromatic N) is 2. The van der Waals surface area contributed by atoms with Gasteiger partial charge in [0.05, 0.1) is 5.69 Å². The van der Waals surface area contributed by atoms with E-state index in [4.69, 9.17) is 0 Å². The minimum absolute atomic E-state index is 0.0671. The second-order valence-electron chi connectivity index (χ2n) is 3.99. The second kappa shape index (κ2) is 5.40. The van der Waals surface area contributed by atoms with Gasteiger partial charge < -0.3 is 5.32 Å². The van der Waals surface area contributed by atoms with E-state index in [1.807, 2.05) is 26.0 Å². The fraction of sp³-hybridized carbons (Fsp3) is 0.214. The van der Waals surface area contributed by atoms with Crippen molar-refractivity contribution in [2.75, 3.05) is 6.54 Å². The first-order valence-electron chi connectivity index (χ1n) is 5.87. The Morgan fingerprint density at radius 2 is 2.22 bits per heavy atom. The summed E-state index contributed by atoms with van der Waals surface area (Å²) in [6.07, 6.45) is 5.16. The maximum atomic E-state index is 11.9. The van der Waals surface area contributed by atoms with Gasteiger partial charge in [0.1, 0.15) is 0 Å². The zero-order valence-electron chi connectivity index (χ0n) is 10.5. The number of nitrogens with one attached hydrogen (secondary N) is 1. The quantitative estimate of drug-likeness (QED) is 0.896. The zero-order chi connectivity index (χ0) is 13.0. The van der Waals surface area contributed by atoms with Gasteiger partial charge >= 0.3 is 0 Å². The lowest BCUT2D eigenvalue weighted by Gasteiger charge is -2.08. The molecule has 2 heterocycles. The first-order chi connectivity index (χ1) is 8.72. The summed E-state index contributed by atoms with van der Waals surface area (Å²) in [5, 5.41) is 2.80. The van der Waals surface area contributed by atoms with Crippen LogP contribution in [0.1, 0.15) is 22.8 Å². The van der Waals surface area contributed by atoms with Crippen molar-refractivity contribution >= 4 is 5.91 Å². The molecule has 0 saturated heterocycles. The number of carbonyl (C=O) groups excluding carboxylic acids is 1. The van der Waals surface area contributed by atoms with E-state index in [1.54, 1.807) is 24.7 Å². The molecular weight excluding hydrogens is 226 g/mol. The summed E-state index contributed by atoms with van der Waals surface area (Å²) in [5.74, 6) is -0.0671. The molecule has 4 nitrogen and oxygen atoms in total. The third kappa shape index (κ3) is 2.53. The maximum Gasteiger partial charge on any atom is 0.251 e. The first-order valence-corrected chi connectivity index (χ1v) is 5.87. The number of carbonyl (C=O) groups is 1. The summed E-state index contributed by atoms with van der Waals surface area (Å²) < 4.78 is 0. The van der Waals surface area contributed by atoms with Gasteiger partial charge in [-0.15, -0.1) is 0 Å². The Balaban J connectivity index is 2.41. The average molecular weight is 241 g/mol. The molecule has 0 aliphatic rings. The number of hydrogen-bond acceptors (Lipinski definition) is 3. The molecule has 1 N–H and O–H groups in total. The van der Waals surface area contributed by atoms with Gasteiger partial charge in [-0.3, -0.25) is 14.8 Å². The number of hydrogen-bond donors (Lipinski definition) is 1. The average Bonchev–Trinajstić information content (AvgIpc) is 2.40. The van der Waals surface area contributed by atoms with Crippen LogP contribution in [-0.2, 0) is 0 Å². The van der Waals surface area contributed by atoms with Crippen molar-refractivity contribution in [3.05, 3.63) is 47.9 Å². The van der Waals surface area contributed by atoms with Crippen molar-refractivity contribution in [3.63, 3.8) is 0 Å². The van der Waals surface area contributed by atoms with E-state index in [0.29, 0.717) is 12.1 Å². The van der Waals surface area contributed by atoms with Gasteiger partial charge in [0.2, 0.25) is 0 Å². The van der Waals surface area contributed by atoms with E-state index in [2.05, 4.69) is 15.3 Å². The molecule has 0 aliphatic heterocycles. The van der Waals surface area contributed by atoms with Crippen LogP contribution < -0.4 is 5.32 Å². The first kappa shape index (κ1) is 12.2. The predicted octanol–water partition coefficient (Wildman–Crippen LogP) is 2.20. The van der Waals surface area contributed by atoms with Gasteiger partial charge in [-0.1, -0.05) is 0 Å². The summed E-state index contributed by atoms with van der Waals surface area (Å²) in [6.45, 7) is 4.39. The van der Waals surface area contributed by atoms with E-state index in [0.717, 1.165) is 16.8 Å². The van der Waals surface area contributed by atoms with E-state index in [1.165, 1.54) is 0 Å². The Kier molecular flexibility index (Phi) is 3.67. The molecule has 0 unspecified atom stereocenters. The minimum Gasteiger partial charge on any atom is -0.352 e. The summed E-state index contributed by atoms with van der Waals surface area (Å²) >= 11 is 0. The molecule has 2 aromatic heterocycles. The van der Waals surface area contributed by atoms with Crippen molar-refractivity contribution in [1.29, 1.82) is 0 Å². The Morgan fingerprint density at radius 1 is 1.39 bits per heavy atom. The van der Waals surface area contributed by atoms with Crippen LogP contribution in [0.3, 0.4) is 0 Å². The highest BCUT2D eigenvalue weighted by Gasteiger charge is 2.10. The Morgan fingerprint density at radius 3 is 2.89 bits per heavy atom. The van der Waals surface area contributed by atoms with Crippen LogP contribution in [0, 0.1) is 6.92 Å². The van der Waals surface area contributed by atoms with Crippen LogP contribution in [-0.4, -0.2) is 22.4 Å². The molecule has 18 heavy (non-hydrogen) atoms. The fourth-order valence-corrected chi connectivity index (χ4v) is 1.70. The molecule has 0 fully saturated rings. The smallest absolute Gasteiger partial charge is 0.251 e. The third-order valence-electron chi connectivity index (χ3n) is 2.64. The molecule has 0 atom stereocenters.